The summed E-state index contributed by atoms with van der Waals surface area (Å²) in [5, 5.41) is 4.13. The maximum Gasteiger partial charge on any atom is 0.200 e. The fourth-order valence-corrected chi connectivity index (χ4v) is 2.88. The van der Waals surface area contributed by atoms with E-state index in [2.05, 4.69) is 28.5 Å². The van der Waals surface area contributed by atoms with E-state index in [-0.39, 0.29) is 5.92 Å². The minimum Gasteiger partial charge on any atom is -0.440 e. The molecular weight excluding hydrogens is 272 g/mol. The number of nitrogens with zero attached hydrogens (tertiary/aromatic N) is 1. The molecule has 0 spiro atoms. The maximum atomic E-state index is 5.99. The highest BCUT2D eigenvalue weighted by Gasteiger charge is 2.23. The Morgan fingerprint density at radius 3 is 3.05 bits per heavy atom. The van der Waals surface area contributed by atoms with Crippen molar-refractivity contribution in [2.24, 2.45) is 0 Å². The quantitative estimate of drug-likeness (QED) is 0.726. The highest BCUT2D eigenvalue weighted by atomic mass is 35.5. The van der Waals surface area contributed by atoms with Gasteiger partial charge in [-0.25, -0.2) is 4.98 Å². The van der Waals surface area contributed by atoms with E-state index in [0.29, 0.717) is 5.02 Å². The number of fused-ring (bicyclic) bond motifs is 2. The molecule has 0 aliphatic carbocycles. The minimum absolute atomic E-state index is 0.260. The summed E-state index contributed by atoms with van der Waals surface area (Å²) < 4.78 is 5.87. The van der Waals surface area contributed by atoms with Crippen LogP contribution < -0.4 is 5.32 Å². The Labute approximate surface area is 121 Å². The van der Waals surface area contributed by atoms with Crippen molar-refractivity contribution in [1.29, 1.82) is 0 Å². The lowest BCUT2D eigenvalue weighted by atomic mass is 9.94. The van der Waals surface area contributed by atoms with Crippen molar-refractivity contribution in [2.75, 3.05) is 11.9 Å². The lowest BCUT2D eigenvalue weighted by Gasteiger charge is -2.23. The molecule has 1 aliphatic heterocycles. The van der Waals surface area contributed by atoms with Gasteiger partial charge in [0.15, 0.2) is 5.58 Å². The number of halogens is 1. The number of oxazole rings is 1. The lowest BCUT2D eigenvalue weighted by molar-refractivity contribution is 0.471. The van der Waals surface area contributed by atoms with Gasteiger partial charge in [0.2, 0.25) is 5.89 Å². The maximum absolute atomic E-state index is 5.99. The Balaban J connectivity index is 1.70. The summed E-state index contributed by atoms with van der Waals surface area (Å²) in [6.45, 7) is 0.845. The molecule has 2 heterocycles. The van der Waals surface area contributed by atoms with E-state index in [9.17, 15) is 0 Å². The summed E-state index contributed by atoms with van der Waals surface area (Å²) in [5.41, 5.74) is 4.14. The van der Waals surface area contributed by atoms with Crippen molar-refractivity contribution in [1.82, 2.24) is 4.98 Å². The van der Waals surface area contributed by atoms with Crippen LogP contribution in [0.15, 0.2) is 46.9 Å². The SMILES string of the molecule is Clc1ccc2oc(C3CNc4ccccc4C3)nc2c1. The Bertz CT molecular complexity index is 781. The third-order valence-corrected chi connectivity index (χ3v) is 3.97. The van der Waals surface area contributed by atoms with Gasteiger partial charge in [-0.1, -0.05) is 29.8 Å². The first-order valence-electron chi connectivity index (χ1n) is 6.67. The number of para-hydroxylation sites is 1. The number of hydrogen-bond acceptors (Lipinski definition) is 3. The van der Waals surface area contributed by atoms with Crippen molar-refractivity contribution < 1.29 is 4.42 Å². The Kier molecular flexibility index (Phi) is 2.67. The van der Waals surface area contributed by atoms with Gasteiger partial charge in [0.1, 0.15) is 5.52 Å². The van der Waals surface area contributed by atoms with Gasteiger partial charge in [0.05, 0.1) is 5.92 Å². The third-order valence-electron chi connectivity index (χ3n) is 3.74. The van der Waals surface area contributed by atoms with Gasteiger partial charge in [-0.2, -0.15) is 0 Å². The van der Waals surface area contributed by atoms with E-state index in [1.165, 1.54) is 11.3 Å². The van der Waals surface area contributed by atoms with E-state index in [4.69, 9.17) is 16.0 Å². The zero-order valence-corrected chi connectivity index (χ0v) is 11.5. The summed E-state index contributed by atoms with van der Waals surface area (Å²) in [7, 11) is 0. The molecule has 100 valence electrons. The van der Waals surface area contributed by atoms with E-state index in [0.717, 1.165) is 30.0 Å². The van der Waals surface area contributed by atoms with Gasteiger partial charge >= 0.3 is 0 Å². The number of hydrogen-bond donors (Lipinski definition) is 1. The predicted octanol–water partition coefficient (Wildman–Crippen LogP) is 4.23. The van der Waals surface area contributed by atoms with Crippen LogP contribution in [0.1, 0.15) is 17.4 Å². The zero-order valence-electron chi connectivity index (χ0n) is 10.8. The lowest BCUT2D eigenvalue weighted by Crippen LogP contribution is -2.21. The topological polar surface area (TPSA) is 38.1 Å². The van der Waals surface area contributed by atoms with Crippen LogP contribution in [0.5, 0.6) is 0 Å². The molecule has 3 nitrogen and oxygen atoms in total. The van der Waals surface area contributed by atoms with Gasteiger partial charge in [-0.05, 0) is 36.2 Å². The number of aromatic nitrogens is 1. The van der Waals surface area contributed by atoms with Gasteiger partial charge in [0.25, 0.3) is 0 Å². The molecule has 1 unspecified atom stereocenters. The monoisotopic (exact) mass is 284 g/mol. The molecule has 0 fully saturated rings. The van der Waals surface area contributed by atoms with Crippen molar-refractivity contribution in [2.45, 2.75) is 12.3 Å². The molecule has 4 rings (SSSR count). The highest BCUT2D eigenvalue weighted by molar-refractivity contribution is 6.31. The first-order valence-corrected chi connectivity index (χ1v) is 7.05. The summed E-state index contributed by atoms with van der Waals surface area (Å²) in [4.78, 5) is 4.58. The van der Waals surface area contributed by atoms with Crippen LogP contribution in [-0.2, 0) is 6.42 Å². The third kappa shape index (κ3) is 1.95. The van der Waals surface area contributed by atoms with Gasteiger partial charge in [-0.15, -0.1) is 0 Å². The molecule has 1 aliphatic rings. The summed E-state index contributed by atoms with van der Waals surface area (Å²) in [5.74, 6) is 1.04. The molecule has 1 N–H and O–H groups in total. The molecule has 3 aromatic rings. The van der Waals surface area contributed by atoms with Crippen LogP contribution in [-0.4, -0.2) is 11.5 Å². The van der Waals surface area contributed by atoms with Crippen LogP contribution >= 0.6 is 11.6 Å². The van der Waals surface area contributed by atoms with Gasteiger partial charge < -0.3 is 9.73 Å². The molecule has 2 aromatic carbocycles. The molecular formula is C16H13ClN2O. The van der Waals surface area contributed by atoms with Crippen LogP contribution in [0.4, 0.5) is 5.69 Å². The molecule has 20 heavy (non-hydrogen) atoms. The second-order valence-corrected chi connectivity index (χ2v) is 5.54. The van der Waals surface area contributed by atoms with Crippen molar-refractivity contribution in [3.8, 4) is 0 Å². The molecule has 0 bridgehead atoms. The Morgan fingerprint density at radius 1 is 1.20 bits per heavy atom. The molecule has 1 atom stereocenters. The molecule has 0 saturated carbocycles. The average Bonchev–Trinajstić information content (AvgIpc) is 2.89. The van der Waals surface area contributed by atoms with E-state index >= 15 is 0 Å². The van der Waals surface area contributed by atoms with Gasteiger partial charge in [-0.3, -0.25) is 0 Å². The number of benzene rings is 2. The minimum atomic E-state index is 0.260. The van der Waals surface area contributed by atoms with Crippen LogP contribution in [0.25, 0.3) is 11.1 Å². The Hall–Kier alpha value is -2.00. The van der Waals surface area contributed by atoms with Crippen molar-refractivity contribution >= 4 is 28.4 Å². The predicted molar refractivity (Wildman–Crippen MR) is 80.4 cm³/mol. The van der Waals surface area contributed by atoms with Crippen LogP contribution in [0, 0.1) is 0 Å². The molecule has 0 amide bonds. The van der Waals surface area contributed by atoms with E-state index in [1.807, 2.05) is 24.3 Å². The first-order chi connectivity index (χ1) is 9.79. The first kappa shape index (κ1) is 11.8. The molecule has 0 saturated heterocycles. The normalized spacial score (nSPS) is 17.8. The number of rotatable bonds is 1. The van der Waals surface area contributed by atoms with E-state index in [1.54, 1.807) is 0 Å². The fourth-order valence-electron chi connectivity index (χ4n) is 2.71. The summed E-state index contributed by atoms with van der Waals surface area (Å²) in [6, 6.07) is 13.9. The van der Waals surface area contributed by atoms with Gasteiger partial charge in [0, 0.05) is 17.3 Å². The van der Waals surface area contributed by atoms with Crippen molar-refractivity contribution in [3.05, 3.63) is 58.9 Å². The number of nitrogens with one attached hydrogen (secondary N) is 1. The summed E-state index contributed by atoms with van der Waals surface area (Å²) >= 11 is 5.99. The number of anilines is 1. The average molecular weight is 285 g/mol. The summed E-state index contributed by atoms with van der Waals surface area (Å²) in [6.07, 6.45) is 0.948. The van der Waals surface area contributed by atoms with Crippen molar-refractivity contribution in [3.63, 3.8) is 0 Å². The van der Waals surface area contributed by atoms with Crippen LogP contribution in [0.2, 0.25) is 5.02 Å². The second-order valence-electron chi connectivity index (χ2n) is 5.10. The molecule has 0 radical (unpaired) electrons. The highest BCUT2D eigenvalue weighted by Crippen LogP contribution is 2.31. The smallest absolute Gasteiger partial charge is 0.200 e. The standard InChI is InChI=1S/C16H13ClN2O/c17-12-5-6-15-14(8-12)19-16(20-15)11-7-10-3-1-2-4-13(10)18-9-11/h1-6,8,11,18H,7,9H2. The molecule has 1 aromatic heterocycles. The molecule has 4 heteroatoms. The fraction of sp³-hybridized carbons (Fsp3) is 0.188. The largest absolute Gasteiger partial charge is 0.440 e. The zero-order chi connectivity index (χ0) is 13.5. The second kappa shape index (κ2) is 4.53. The van der Waals surface area contributed by atoms with Crippen LogP contribution in [0.3, 0.4) is 0 Å². The van der Waals surface area contributed by atoms with E-state index < -0.39 is 0 Å². The Morgan fingerprint density at radius 2 is 2.10 bits per heavy atom.